The standard InChI is InChI=1S/C15H25N3O2S.C7H8.C6H12.C2H6O/c1-11(2)10-18(9-8-12(3)17-15(19)20)21-14-6-4-13(16)5-7-14;1-7-5-3-2-4-6-7;1-6-4-2-3-5-6;1-2-3/h4-7,11-12,17H,8-10,16H2,1-3H3,(H,19,20);2-6H,1H3;6H,2-5H2,1H3;3H,2H2,1H3. The Morgan fingerprint density at radius 1 is 1.08 bits per heavy atom. The fraction of sp³-hybridized carbons (Fsp3) is 0.567. The molecule has 0 spiro atoms. The molecule has 0 saturated heterocycles. The largest absolute Gasteiger partial charge is 0.465 e. The summed E-state index contributed by atoms with van der Waals surface area (Å²) in [6.45, 7) is 14.4. The number of aryl methyl sites for hydroxylation is 1. The highest BCUT2D eigenvalue weighted by molar-refractivity contribution is 7.97. The highest BCUT2D eigenvalue weighted by Gasteiger charge is 2.12. The number of carbonyl (C=O) groups is 1. The second kappa shape index (κ2) is 21.8. The molecule has 3 rings (SSSR count). The van der Waals surface area contributed by atoms with E-state index in [9.17, 15) is 4.79 Å². The summed E-state index contributed by atoms with van der Waals surface area (Å²) in [5.74, 6) is 1.60. The molecular weight excluding hydrogens is 482 g/mol. The molecular formula is C30H51N3O3S. The van der Waals surface area contributed by atoms with Gasteiger partial charge in [-0.2, -0.15) is 0 Å². The van der Waals surface area contributed by atoms with Crippen LogP contribution in [0.15, 0.2) is 59.5 Å². The zero-order chi connectivity index (χ0) is 28.1. The van der Waals surface area contributed by atoms with Gasteiger partial charge in [0.25, 0.3) is 0 Å². The predicted molar refractivity (Wildman–Crippen MR) is 160 cm³/mol. The first-order chi connectivity index (χ1) is 17.6. The number of aliphatic hydroxyl groups excluding tert-OH is 1. The van der Waals surface area contributed by atoms with E-state index in [1.54, 1.807) is 18.9 Å². The van der Waals surface area contributed by atoms with Crippen LogP contribution in [0.5, 0.6) is 0 Å². The molecule has 5 N–H and O–H groups in total. The number of amides is 1. The Kier molecular flexibility index (Phi) is 20.5. The molecule has 0 aliphatic heterocycles. The highest BCUT2D eigenvalue weighted by atomic mass is 32.2. The lowest BCUT2D eigenvalue weighted by molar-refractivity contribution is 0.189. The summed E-state index contributed by atoms with van der Waals surface area (Å²) in [6.07, 6.45) is 5.76. The van der Waals surface area contributed by atoms with Crippen molar-refractivity contribution in [1.82, 2.24) is 9.62 Å². The van der Waals surface area contributed by atoms with Crippen molar-refractivity contribution in [2.45, 2.75) is 84.6 Å². The zero-order valence-corrected chi connectivity index (χ0v) is 24.6. The molecule has 210 valence electrons. The monoisotopic (exact) mass is 533 g/mol. The number of nitrogens with zero attached hydrogens (tertiary/aromatic N) is 1. The Morgan fingerprint density at radius 2 is 1.62 bits per heavy atom. The minimum Gasteiger partial charge on any atom is -0.465 e. The minimum absolute atomic E-state index is 0.0517. The average molecular weight is 534 g/mol. The quantitative estimate of drug-likeness (QED) is 0.207. The first-order valence-electron chi connectivity index (χ1n) is 13.5. The molecule has 0 aromatic heterocycles. The Bertz CT molecular complexity index is 797. The number of benzene rings is 2. The molecule has 2 aromatic rings. The first kappa shape index (κ1) is 34.8. The Balaban J connectivity index is 0.000000647. The maximum atomic E-state index is 10.6. The number of carboxylic acid groups (broad SMARTS) is 1. The van der Waals surface area contributed by atoms with Gasteiger partial charge < -0.3 is 21.3 Å². The van der Waals surface area contributed by atoms with Crippen molar-refractivity contribution in [3.8, 4) is 0 Å². The number of nitrogens with two attached hydrogens (primary N) is 1. The molecule has 7 heteroatoms. The van der Waals surface area contributed by atoms with Crippen molar-refractivity contribution in [1.29, 1.82) is 0 Å². The van der Waals surface area contributed by atoms with Crippen LogP contribution in [0, 0.1) is 18.8 Å². The van der Waals surface area contributed by atoms with Gasteiger partial charge in [0.2, 0.25) is 0 Å². The fourth-order valence-electron chi connectivity index (χ4n) is 3.54. The van der Waals surface area contributed by atoms with Gasteiger partial charge in [0.1, 0.15) is 0 Å². The average Bonchev–Trinajstić information content (AvgIpc) is 3.31. The number of rotatable bonds is 8. The van der Waals surface area contributed by atoms with Crippen molar-refractivity contribution in [3.63, 3.8) is 0 Å². The molecule has 1 fully saturated rings. The fourth-order valence-corrected chi connectivity index (χ4v) is 4.67. The second-order valence-electron chi connectivity index (χ2n) is 9.94. The van der Waals surface area contributed by atoms with Gasteiger partial charge in [0, 0.05) is 36.3 Å². The third-order valence-corrected chi connectivity index (χ3v) is 6.52. The van der Waals surface area contributed by atoms with Crippen LogP contribution in [0.3, 0.4) is 0 Å². The van der Waals surface area contributed by atoms with Crippen molar-refractivity contribution in [2.75, 3.05) is 25.4 Å². The maximum absolute atomic E-state index is 10.6. The molecule has 1 amide bonds. The van der Waals surface area contributed by atoms with E-state index in [1.807, 2.05) is 49.4 Å². The van der Waals surface area contributed by atoms with Gasteiger partial charge in [-0.15, -0.1) is 0 Å². The molecule has 1 atom stereocenters. The number of aliphatic hydroxyl groups is 1. The third-order valence-electron chi connectivity index (χ3n) is 5.45. The number of hydrogen-bond donors (Lipinski definition) is 4. The van der Waals surface area contributed by atoms with Crippen molar-refractivity contribution < 1.29 is 15.0 Å². The number of nitrogen functional groups attached to an aromatic ring is 1. The summed E-state index contributed by atoms with van der Waals surface area (Å²) in [5, 5.41) is 18.8. The normalized spacial score (nSPS) is 13.4. The van der Waals surface area contributed by atoms with E-state index in [2.05, 4.69) is 49.4 Å². The smallest absolute Gasteiger partial charge is 0.404 e. The van der Waals surface area contributed by atoms with Gasteiger partial charge in [-0.05, 0) is 75.2 Å². The zero-order valence-electron chi connectivity index (χ0n) is 23.8. The van der Waals surface area contributed by atoms with E-state index >= 15 is 0 Å². The van der Waals surface area contributed by atoms with E-state index < -0.39 is 6.09 Å². The van der Waals surface area contributed by atoms with Crippen molar-refractivity contribution >= 4 is 23.7 Å². The van der Waals surface area contributed by atoms with Gasteiger partial charge in [-0.25, -0.2) is 9.10 Å². The summed E-state index contributed by atoms with van der Waals surface area (Å²) in [7, 11) is 0. The van der Waals surface area contributed by atoms with Crippen LogP contribution in [0.2, 0.25) is 0 Å². The van der Waals surface area contributed by atoms with Crippen LogP contribution in [0.1, 0.15) is 72.3 Å². The number of nitrogens with one attached hydrogen (secondary N) is 1. The summed E-state index contributed by atoms with van der Waals surface area (Å²) in [5.41, 5.74) is 7.78. The van der Waals surface area contributed by atoms with E-state index in [-0.39, 0.29) is 12.6 Å². The summed E-state index contributed by atoms with van der Waals surface area (Å²) >= 11 is 1.69. The molecule has 2 aromatic carbocycles. The van der Waals surface area contributed by atoms with Crippen molar-refractivity contribution in [2.24, 2.45) is 11.8 Å². The highest BCUT2D eigenvalue weighted by Crippen LogP contribution is 2.25. The lowest BCUT2D eigenvalue weighted by Gasteiger charge is -2.24. The first-order valence-corrected chi connectivity index (χ1v) is 14.2. The third kappa shape index (κ3) is 21.6. The SMILES string of the molecule is CC(C)CN(CCC(C)NC(=O)O)Sc1ccc(N)cc1.CC1CCCC1.CCO.Cc1ccccc1. The predicted octanol–water partition coefficient (Wildman–Crippen LogP) is 7.47. The van der Waals surface area contributed by atoms with Crippen LogP contribution in [0.4, 0.5) is 10.5 Å². The number of hydrogen-bond acceptors (Lipinski definition) is 5. The van der Waals surface area contributed by atoms with Crippen LogP contribution >= 0.6 is 11.9 Å². The van der Waals surface area contributed by atoms with Gasteiger partial charge in [0.05, 0.1) is 0 Å². The topological polar surface area (TPSA) is 98.8 Å². The second-order valence-corrected chi connectivity index (χ2v) is 11.1. The molecule has 6 nitrogen and oxygen atoms in total. The maximum Gasteiger partial charge on any atom is 0.404 e. The van der Waals surface area contributed by atoms with Crippen LogP contribution in [0.25, 0.3) is 0 Å². The molecule has 0 radical (unpaired) electrons. The van der Waals surface area contributed by atoms with Gasteiger partial charge >= 0.3 is 6.09 Å². The van der Waals surface area contributed by atoms with E-state index in [0.29, 0.717) is 5.92 Å². The Labute approximate surface area is 230 Å². The molecule has 1 aliphatic rings. The van der Waals surface area contributed by atoms with E-state index in [0.717, 1.165) is 36.0 Å². The summed E-state index contributed by atoms with van der Waals surface area (Å²) < 4.78 is 2.27. The Hall–Kier alpha value is -2.22. The summed E-state index contributed by atoms with van der Waals surface area (Å²) in [4.78, 5) is 11.8. The molecule has 0 bridgehead atoms. The molecule has 1 aliphatic carbocycles. The molecule has 1 unspecified atom stereocenters. The van der Waals surface area contributed by atoms with Gasteiger partial charge in [0.15, 0.2) is 0 Å². The van der Waals surface area contributed by atoms with Crippen LogP contribution in [-0.2, 0) is 0 Å². The molecule has 0 heterocycles. The Morgan fingerprint density at radius 3 is 2.00 bits per heavy atom. The number of anilines is 1. The molecule has 37 heavy (non-hydrogen) atoms. The van der Waals surface area contributed by atoms with Gasteiger partial charge in [-0.1, -0.05) is 82.3 Å². The lowest BCUT2D eigenvalue weighted by atomic mass is 10.2. The van der Waals surface area contributed by atoms with E-state index in [4.69, 9.17) is 15.9 Å². The lowest BCUT2D eigenvalue weighted by Crippen LogP contribution is -2.34. The van der Waals surface area contributed by atoms with Crippen molar-refractivity contribution in [3.05, 3.63) is 60.2 Å². The van der Waals surface area contributed by atoms with Crippen LogP contribution in [-0.4, -0.2) is 46.3 Å². The van der Waals surface area contributed by atoms with E-state index in [1.165, 1.54) is 31.2 Å². The molecule has 1 saturated carbocycles. The minimum atomic E-state index is -0.968. The van der Waals surface area contributed by atoms with Crippen LogP contribution < -0.4 is 11.1 Å². The van der Waals surface area contributed by atoms with Gasteiger partial charge in [-0.3, -0.25) is 0 Å². The summed E-state index contributed by atoms with van der Waals surface area (Å²) in [6, 6.07) is 18.0.